The van der Waals surface area contributed by atoms with E-state index >= 15 is 0 Å². The first-order chi connectivity index (χ1) is 9.80. The number of benzene rings is 1. The van der Waals surface area contributed by atoms with E-state index in [0.717, 1.165) is 0 Å². The van der Waals surface area contributed by atoms with Gasteiger partial charge in [0, 0.05) is 35.7 Å². The molecule has 0 radical (unpaired) electrons. The van der Waals surface area contributed by atoms with E-state index in [1.165, 1.54) is 6.07 Å². The van der Waals surface area contributed by atoms with Crippen molar-refractivity contribution in [2.24, 2.45) is 0 Å². The fourth-order valence-electron chi connectivity index (χ4n) is 2.71. The van der Waals surface area contributed by atoms with Gasteiger partial charge in [-0.05, 0) is 26.0 Å². The van der Waals surface area contributed by atoms with Gasteiger partial charge < -0.3 is 9.84 Å². The number of ether oxygens (including phenoxy) is 1. The minimum absolute atomic E-state index is 0.0532. The van der Waals surface area contributed by atoms with Crippen LogP contribution in [-0.4, -0.2) is 46.3 Å². The molecule has 0 spiro atoms. The van der Waals surface area contributed by atoms with Gasteiger partial charge in [-0.1, -0.05) is 15.9 Å². The molecule has 116 valence electrons. The number of nitrogens with zero attached hydrogens (tertiary/aromatic N) is 2. The van der Waals surface area contributed by atoms with Crippen molar-refractivity contribution in [3.8, 4) is 0 Å². The minimum atomic E-state index is -0.379. The van der Waals surface area contributed by atoms with E-state index in [9.17, 15) is 15.2 Å². The number of hydrogen-bond acceptors (Lipinski definition) is 5. The zero-order valence-electron chi connectivity index (χ0n) is 12.1. The molecule has 1 N–H and O–H groups in total. The summed E-state index contributed by atoms with van der Waals surface area (Å²) < 4.78 is 6.44. The van der Waals surface area contributed by atoms with Crippen molar-refractivity contribution in [2.45, 2.75) is 32.1 Å². The van der Waals surface area contributed by atoms with Gasteiger partial charge in [0.2, 0.25) is 0 Å². The van der Waals surface area contributed by atoms with E-state index in [0.29, 0.717) is 29.7 Å². The molecule has 1 aliphatic rings. The summed E-state index contributed by atoms with van der Waals surface area (Å²) in [4.78, 5) is 12.9. The second kappa shape index (κ2) is 6.39. The van der Waals surface area contributed by atoms with Gasteiger partial charge in [0.1, 0.15) is 0 Å². The zero-order valence-corrected chi connectivity index (χ0v) is 13.7. The molecule has 1 heterocycles. The SMILES string of the molecule is CC1(C)CN(Cc2ccc(Br)cc2[N+](=O)[O-])CC(CO)O1. The molecule has 6 nitrogen and oxygen atoms in total. The molecule has 0 aliphatic carbocycles. The summed E-state index contributed by atoms with van der Waals surface area (Å²) in [6.45, 7) is 5.55. The van der Waals surface area contributed by atoms with Crippen molar-refractivity contribution in [2.75, 3.05) is 19.7 Å². The summed E-state index contributed by atoms with van der Waals surface area (Å²) in [6.07, 6.45) is -0.261. The topological polar surface area (TPSA) is 75.8 Å². The van der Waals surface area contributed by atoms with Crippen molar-refractivity contribution in [1.29, 1.82) is 0 Å². The second-order valence-corrected chi connectivity index (χ2v) is 6.80. The van der Waals surface area contributed by atoms with Gasteiger partial charge in [0.15, 0.2) is 0 Å². The average Bonchev–Trinajstić information content (AvgIpc) is 2.38. The monoisotopic (exact) mass is 358 g/mol. The first-order valence-electron chi connectivity index (χ1n) is 6.74. The molecule has 0 bridgehead atoms. The van der Waals surface area contributed by atoms with Gasteiger partial charge in [-0.15, -0.1) is 0 Å². The Morgan fingerprint density at radius 3 is 2.90 bits per heavy atom. The van der Waals surface area contributed by atoms with Gasteiger partial charge in [-0.25, -0.2) is 0 Å². The lowest BCUT2D eigenvalue weighted by molar-refractivity contribution is -0.385. The number of rotatable bonds is 4. The molecule has 0 aromatic heterocycles. The van der Waals surface area contributed by atoms with Gasteiger partial charge >= 0.3 is 0 Å². The van der Waals surface area contributed by atoms with Crippen LogP contribution in [0.5, 0.6) is 0 Å². The highest BCUT2D eigenvalue weighted by Gasteiger charge is 2.33. The van der Waals surface area contributed by atoms with Crippen LogP contribution in [0.4, 0.5) is 5.69 Å². The molecule has 1 aliphatic heterocycles. The Morgan fingerprint density at radius 2 is 2.29 bits per heavy atom. The number of morpholine rings is 1. The third-order valence-corrected chi connectivity index (χ3v) is 3.89. The lowest BCUT2D eigenvalue weighted by Crippen LogP contribution is -2.53. The van der Waals surface area contributed by atoms with Crippen LogP contribution < -0.4 is 0 Å². The van der Waals surface area contributed by atoms with E-state index < -0.39 is 0 Å². The summed E-state index contributed by atoms with van der Waals surface area (Å²) in [5.41, 5.74) is 0.391. The molecule has 1 unspecified atom stereocenters. The first-order valence-corrected chi connectivity index (χ1v) is 7.54. The van der Waals surface area contributed by atoms with E-state index in [1.807, 2.05) is 13.8 Å². The smallest absolute Gasteiger partial charge is 0.275 e. The van der Waals surface area contributed by atoms with Crippen molar-refractivity contribution in [1.82, 2.24) is 4.90 Å². The van der Waals surface area contributed by atoms with E-state index in [4.69, 9.17) is 4.74 Å². The quantitative estimate of drug-likeness (QED) is 0.660. The Balaban J connectivity index is 2.19. The Labute approximate surface area is 132 Å². The lowest BCUT2D eigenvalue weighted by atomic mass is 10.0. The fraction of sp³-hybridized carbons (Fsp3) is 0.571. The van der Waals surface area contributed by atoms with Crippen molar-refractivity contribution in [3.05, 3.63) is 38.3 Å². The molecule has 1 atom stereocenters. The maximum Gasteiger partial charge on any atom is 0.275 e. The fourth-order valence-corrected chi connectivity index (χ4v) is 3.06. The Hall–Kier alpha value is -1.02. The molecular weight excluding hydrogens is 340 g/mol. The largest absolute Gasteiger partial charge is 0.394 e. The summed E-state index contributed by atoms with van der Waals surface area (Å²) in [7, 11) is 0. The summed E-state index contributed by atoms with van der Waals surface area (Å²) >= 11 is 3.26. The number of aliphatic hydroxyl groups excluding tert-OH is 1. The number of halogens is 1. The minimum Gasteiger partial charge on any atom is -0.394 e. The molecule has 1 aromatic rings. The van der Waals surface area contributed by atoms with E-state index in [2.05, 4.69) is 20.8 Å². The Kier molecular flexibility index (Phi) is 4.98. The van der Waals surface area contributed by atoms with Crippen LogP contribution in [0, 0.1) is 10.1 Å². The van der Waals surface area contributed by atoms with Crippen molar-refractivity contribution >= 4 is 21.6 Å². The summed E-state index contributed by atoms with van der Waals surface area (Å²) in [5.74, 6) is 0. The summed E-state index contributed by atoms with van der Waals surface area (Å²) in [6, 6.07) is 5.08. The normalized spacial score (nSPS) is 22.2. The highest BCUT2D eigenvalue weighted by Crippen LogP contribution is 2.27. The average molecular weight is 359 g/mol. The van der Waals surface area contributed by atoms with Crippen LogP contribution in [0.3, 0.4) is 0 Å². The molecule has 1 saturated heterocycles. The number of nitro benzene ring substituents is 1. The van der Waals surface area contributed by atoms with Gasteiger partial charge in [-0.3, -0.25) is 15.0 Å². The van der Waals surface area contributed by atoms with E-state index in [-0.39, 0.29) is 28.9 Å². The molecule has 1 aromatic carbocycles. The molecule has 0 saturated carbocycles. The van der Waals surface area contributed by atoms with E-state index in [1.54, 1.807) is 12.1 Å². The van der Waals surface area contributed by atoms with Crippen LogP contribution in [0.2, 0.25) is 0 Å². The lowest BCUT2D eigenvalue weighted by Gasteiger charge is -2.42. The van der Waals surface area contributed by atoms with Crippen molar-refractivity contribution in [3.63, 3.8) is 0 Å². The van der Waals surface area contributed by atoms with Gasteiger partial charge in [0.25, 0.3) is 5.69 Å². The third kappa shape index (κ3) is 4.23. The molecule has 21 heavy (non-hydrogen) atoms. The second-order valence-electron chi connectivity index (χ2n) is 5.88. The maximum absolute atomic E-state index is 11.2. The third-order valence-electron chi connectivity index (χ3n) is 3.39. The van der Waals surface area contributed by atoms with Crippen LogP contribution in [0.15, 0.2) is 22.7 Å². The van der Waals surface area contributed by atoms with Crippen LogP contribution in [0.1, 0.15) is 19.4 Å². The molecule has 0 amide bonds. The first kappa shape index (κ1) is 16.4. The van der Waals surface area contributed by atoms with Crippen LogP contribution in [-0.2, 0) is 11.3 Å². The Morgan fingerprint density at radius 1 is 1.57 bits per heavy atom. The van der Waals surface area contributed by atoms with Gasteiger partial charge in [0.05, 0.1) is 23.2 Å². The predicted molar refractivity (Wildman–Crippen MR) is 82.1 cm³/mol. The van der Waals surface area contributed by atoms with Gasteiger partial charge in [-0.2, -0.15) is 0 Å². The predicted octanol–water partition coefficient (Wildman–Crippen LogP) is 2.33. The van der Waals surface area contributed by atoms with Crippen molar-refractivity contribution < 1.29 is 14.8 Å². The maximum atomic E-state index is 11.2. The molecule has 1 fully saturated rings. The molecule has 2 rings (SSSR count). The highest BCUT2D eigenvalue weighted by atomic mass is 79.9. The molecular formula is C14H19BrN2O4. The standard InChI is InChI=1S/C14H19BrN2O4/c1-14(2)9-16(7-12(8-18)21-14)6-10-3-4-11(15)5-13(10)17(19)20/h3-5,12,18H,6-9H2,1-2H3. The Bertz CT molecular complexity index is 536. The summed E-state index contributed by atoms with van der Waals surface area (Å²) in [5, 5.41) is 20.5. The number of nitro groups is 1. The molecule has 7 heteroatoms. The van der Waals surface area contributed by atoms with Crippen LogP contribution in [0.25, 0.3) is 0 Å². The number of hydrogen-bond donors (Lipinski definition) is 1. The zero-order chi connectivity index (χ0) is 15.6. The highest BCUT2D eigenvalue weighted by molar-refractivity contribution is 9.10. The number of aliphatic hydroxyl groups is 1. The van der Waals surface area contributed by atoms with Crippen LogP contribution >= 0.6 is 15.9 Å².